The Morgan fingerprint density at radius 1 is 1.40 bits per heavy atom. The minimum atomic E-state index is 0.639. The van der Waals surface area contributed by atoms with Gasteiger partial charge >= 0.3 is 0 Å². The summed E-state index contributed by atoms with van der Waals surface area (Å²) in [6.45, 7) is 5.49. The van der Waals surface area contributed by atoms with Gasteiger partial charge in [-0.3, -0.25) is 0 Å². The summed E-state index contributed by atoms with van der Waals surface area (Å²) in [7, 11) is 0. The number of hydrogen-bond acceptors (Lipinski definition) is 3. The van der Waals surface area contributed by atoms with Gasteiger partial charge in [-0.05, 0) is 36.7 Å². The van der Waals surface area contributed by atoms with Crippen molar-refractivity contribution in [3.8, 4) is 5.75 Å². The summed E-state index contributed by atoms with van der Waals surface area (Å²) in [5, 5.41) is 3.40. The van der Waals surface area contributed by atoms with Crippen LogP contribution in [0.3, 0.4) is 0 Å². The maximum Gasteiger partial charge on any atom is 0.119 e. The van der Waals surface area contributed by atoms with Gasteiger partial charge in [-0.15, -0.1) is 0 Å². The number of ether oxygens (including phenoxy) is 1. The maximum absolute atomic E-state index is 5.78. The summed E-state index contributed by atoms with van der Waals surface area (Å²) in [5.74, 6) is 0.904. The number of halogens is 1. The molecule has 5 heteroatoms. The molecule has 2 rings (SSSR count). The highest BCUT2D eigenvalue weighted by atomic mass is 79.9. The van der Waals surface area contributed by atoms with Crippen LogP contribution in [0.15, 0.2) is 41.4 Å². The van der Waals surface area contributed by atoms with Crippen LogP contribution in [0, 0.1) is 0 Å². The molecule has 0 aliphatic carbocycles. The first kappa shape index (κ1) is 15.1. The Bertz CT molecular complexity index is 514. The third-order valence-electron chi connectivity index (χ3n) is 2.94. The summed E-state index contributed by atoms with van der Waals surface area (Å²) in [5.41, 5.74) is 1.22. The predicted octanol–water partition coefficient (Wildman–Crippen LogP) is 3.22. The molecule has 0 aliphatic rings. The second kappa shape index (κ2) is 8.07. The number of nitrogens with one attached hydrogen (secondary N) is 1. The van der Waals surface area contributed by atoms with Crippen LogP contribution >= 0.6 is 15.9 Å². The van der Waals surface area contributed by atoms with E-state index in [1.165, 1.54) is 5.56 Å². The van der Waals surface area contributed by atoms with Crippen molar-refractivity contribution in [1.82, 2.24) is 14.9 Å². The molecule has 0 radical (unpaired) electrons. The predicted molar refractivity (Wildman–Crippen MR) is 83.9 cm³/mol. The van der Waals surface area contributed by atoms with E-state index in [-0.39, 0.29) is 0 Å². The van der Waals surface area contributed by atoms with Crippen LogP contribution in [0.4, 0.5) is 0 Å². The van der Waals surface area contributed by atoms with Gasteiger partial charge in [0.1, 0.15) is 12.4 Å². The van der Waals surface area contributed by atoms with Gasteiger partial charge in [-0.2, -0.15) is 0 Å². The van der Waals surface area contributed by atoms with Gasteiger partial charge in [0, 0.05) is 23.4 Å². The lowest BCUT2D eigenvalue weighted by Crippen LogP contribution is -2.14. The highest BCUT2D eigenvalue weighted by molar-refractivity contribution is 9.10. The van der Waals surface area contributed by atoms with E-state index in [1.807, 2.05) is 22.9 Å². The highest BCUT2D eigenvalue weighted by Gasteiger charge is 2.02. The lowest BCUT2D eigenvalue weighted by Gasteiger charge is -2.11. The molecule has 0 amide bonds. The van der Waals surface area contributed by atoms with Crippen LogP contribution in [0.2, 0.25) is 0 Å². The molecule has 0 saturated heterocycles. The standard InChI is InChI=1S/C15H20BrN3O/c1-2-5-17-11-13-10-14(3-4-15(13)16)20-9-8-19-7-6-18-12-19/h3-4,6-7,10,12,17H,2,5,8-9,11H2,1H3. The normalized spacial score (nSPS) is 10.7. The fourth-order valence-corrected chi connectivity index (χ4v) is 2.25. The van der Waals surface area contributed by atoms with Crippen LogP contribution in [-0.4, -0.2) is 22.7 Å². The lowest BCUT2D eigenvalue weighted by atomic mass is 10.2. The van der Waals surface area contributed by atoms with Crippen molar-refractivity contribution in [2.45, 2.75) is 26.4 Å². The zero-order chi connectivity index (χ0) is 14.2. The van der Waals surface area contributed by atoms with Crippen LogP contribution < -0.4 is 10.1 Å². The Morgan fingerprint density at radius 3 is 3.05 bits per heavy atom. The first-order valence-electron chi connectivity index (χ1n) is 6.87. The Labute approximate surface area is 128 Å². The topological polar surface area (TPSA) is 39.1 Å². The summed E-state index contributed by atoms with van der Waals surface area (Å²) >= 11 is 3.57. The van der Waals surface area contributed by atoms with E-state index in [9.17, 15) is 0 Å². The van der Waals surface area contributed by atoms with Gasteiger partial charge in [0.2, 0.25) is 0 Å². The van der Waals surface area contributed by atoms with Gasteiger partial charge in [-0.1, -0.05) is 22.9 Å². The SMILES string of the molecule is CCCNCc1cc(OCCn2ccnc2)ccc1Br. The maximum atomic E-state index is 5.78. The molecule has 0 saturated carbocycles. The molecular formula is C15H20BrN3O. The minimum Gasteiger partial charge on any atom is -0.492 e. The summed E-state index contributed by atoms with van der Waals surface area (Å²) in [4.78, 5) is 4.01. The van der Waals surface area contributed by atoms with Crippen molar-refractivity contribution in [2.75, 3.05) is 13.2 Å². The first-order valence-corrected chi connectivity index (χ1v) is 7.66. The van der Waals surface area contributed by atoms with Gasteiger partial charge < -0.3 is 14.6 Å². The quantitative estimate of drug-likeness (QED) is 0.751. The van der Waals surface area contributed by atoms with E-state index in [1.54, 1.807) is 12.5 Å². The molecule has 1 aromatic heterocycles. The highest BCUT2D eigenvalue weighted by Crippen LogP contribution is 2.22. The van der Waals surface area contributed by atoms with Crippen LogP contribution in [-0.2, 0) is 13.1 Å². The number of aromatic nitrogens is 2. The third-order valence-corrected chi connectivity index (χ3v) is 3.71. The summed E-state index contributed by atoms with van der Waals surface area (Å²) in [6, 6.07) is 6.11. The zero-order valence-electron chi connectivity index (χ0n) is 11.7. The van der Waals surface area contributed by atoms with Crippen molar-refractivity contribution >= 4 is 15.9 Å². The molecule has 0 fully saturated rings. The van der Waals surface area contributed by atoms with Gasteiger partial charge in [0.05, 0.1) is 12.9 Å². The number of benzene rings is 1. The second-order valence-corrected chi connectivity index (χ2v) is 5.43. The summed E-state index contributed by atoms with van der Waals surface area (Å²) < 4.78 is 8.90. The third kappa shape index (κ3) is 4.65. The number of imidazole rings is 1. The fourth-order valence-electron chi connectivity index (χ4n) is 1.86. The van der Waals surface area contributed by atoms with Crippen LogP contribution in [0.1, 0.15) is 18.9 Å². The number of hydrogen-bond donors (Lipinski definition) is 1. The zero-order valence-corrected chi connectivity index (χ0v) is 13.3. The van der Waals surface area contributed by atoms with Gasteiger partial charge in [0.15, 0.2) is 0 Å². The van der Waals surface area contributed by atoms with Crippen LogP contribution in [0.5, 0.6) is 5.75 Å². The molecule has 4 nitrogen and oxygen atoms in total. The van der Waals surface area contributed by atoms with Crippen molar-refractivity contribution < 1.29 is 4.74 Å². The van der Waals surface area contributed by atoms with Crippen molar-refractivity contribution in [1.29, 1.82) is 0 Å². The lowest BCUT2D eigenvalue weighted by molar-refractivity contribution is 0.298. The average molecular weight is 338 g/mol. The van der Waals surface area contributed by atoms with E-state index in [0.29, 0.717) is 6.61 Å². The fraction of sp³-hybridized carbons (Fsp3) is 0.400. The smallest absolute Gasteiger partial charge is 0.119 e. The number of rotatable bonds is 8. The molecule has 0 aliphatic heterocycles. The molecule has 1 heterocycles. The second-order valence-electron chi connectivity index (χ2n) is 4.58. The average Bonchev–Trinajstić information content (AvgIpc) is 2.95. The molecule has 0 unspecified atom stereocenters. The minimum absolute atomic E-state index is 0.639. The Kier molecular flexibility index (Phi) is 6.08. The molecule has 0 spiro atoms. The largest absolute Gasteiger partial charge is 0.492 e. The van der Waals surface area contributed by atoms with Gasteiger partial charge in [0.25, 0.3) is 0 Å². The van der Waals surface area contributed by atoms with Crippen molar-refractivity contribution in [3.05, 3.63) is 47.0 Å². The summed E-state index contributed by atoms with van der Waals surface area (Å²) in [6.07, 6.45) is 6.64. The molecule has 0 bridgehead atoms. The van der Waals surface area contributed by atoms with Crippen molar-refractivity contribution in [3.63, 3.8) is 0 Å². The number of nitrogens with zero attached hydrogens (tertiary/aromatic N) is 2. The Balaban J connectivity index is 1.86. The molecule has 20 heavy (non-hydrogen) atoms. The monoisotopic (exact) mass is 337 g/mol. The molecule has 1 aromatic carbocycles. The van der Waals surface area contributed by atoms with Gasteiger partial charge in [-0.25, -0.2) is 4.98 Å². The van der Waals surface area contributed by atoms with E-state index in [4.69, 9.17) is 4.74 Å². The molecule has 2 aromatic rings. The molecular weight excluding hydrogens is 318 g/mol. The van der Waals surface area contributed by atoms with E-state index in [0.717, 1.165) is 36.3 Å². The Hall–Kier alpha value is -1.33. The molecule has 108 valence electrons. The molecule has 1 N–H and O–H groups in total. The van der Waals surface area contributed by atoms with E-state index >= 15 is 0 Å². The van der Waals surface area contributed by atoms with Crippen molar-refractivity contribution in [2.24, 2.45) is 0 Å². The van der Waals surface area contributed by atoms with E-state index < -0.39 is 0 Å². The van der Waals surface area contributed by atoms with Crippen LogP contribution in [0.25, 0.3) is 0 Å². The molecule has 0 atom stereocenters. The van der Waals surface area contributed by atoms with E-state index in [2.05, 4.69) is 39.2 Å². The first-order chi connectivity index (χ1) is 9.79. The Morgan fingerprint density at radius 2 is 2.30 bits per heavy atom.